The van der Waals surface area contributed by atoms with Crippen molar-refractivity contribution >= 4 is 23.0 Å². The highest BCUT2D eigenvalue weighted by molar-refractivity contribution is 5.96. The monoisotopic (exact) mass is 439 g/mol. The van der Waals surface area contributed by atoms with Crippen molar-refractivity contribution in [2.45, 2.75) is 33.3 Å². The highest BCUT2D eigenvalue weighted by atomic mass is 16.6. The minimum Gasteiger partial charge on any atom is -0.497 e. The van der Waals surface area contributed by atoms with E-state index in [4.69, 9.17) is 18.6 Å². The molecule has 2 aromatic carbocycles. The Morgan fingerprint density at radius 2 is 1.75 bits per heavy atom. The molecule has 3 rings (SSSR count). The van der Waals surface area contributed by atoms with Gasteiger partial charge in [0.2, 0.25) is 0 Å². The van der Waals surface area contributed by atoms with Crippen molar-refractivity contribution in [2.75, 3.05) is 13.7 Å². The molecule has 1 heterocycles. The van der Waals surface area contributed by atoms with Crippen LogP contribution in [0.2, 0.25) is 0 Å². The molecule has 0 saturated carbocycles. The number of esters is 1. The largest absolute Gasteiger partial charge is 0.497 e. The fourth-order valence-corrected chi connectivity index (χ4v) is 3.08. The molecule has 0 unspecified atom stereocenters. The molecule has 0 aliphatic heterocycles. The van der Waals surface area contributed by atoms with E-state index in [2.05, 4.69) is 5.32 Å². The minimum absolute atomic E-state index is 0.225. The molecular formula is C24H25NO7. The molecule has 0 bridgehead atoms. The van der Waals surface area contributed by atoms with E-state index in [0.717, 1.165) is 5.56 Å². The third-order valence-electron chi connectivity index (χ3n) is 4.51. The lowest BCUT2D eigenvalue weighted by atomic mass is 10.00. The van der Waals surface area contributed by atoms with Gasteiger partial charge in [-0.1, -0.05) is 12.1 Å². The Labute approximate surface area is 185 Å². The van der Waals surface area contributed by atoms with E-state index in [1.807, 2.05) is 12.1 Å². The maximum Gasteiger partial charge on any atom is 0.408 e. The van der Waals surface area contributed by atoms with Crippen LogP contribution in [0.1, 0.15) is 26.3 Å². The summed E-state index contributed by atoms with van der Waals surface area (Å²) in [6.45, 7) is 6.47. The smallest absolute Gasteiger partial charge is 0.408 e. The van der Waals surface area contributed by atoms with Crippen molar-refractivity contribution in [1.29, 1.82) is 0 Å². The molecule has 0 saturated heterocycles. The first-order valence-electron chi connectivity index (χ1n) is 9.97. The van der Waals surface area contributed by atoms with Crippen molar-refractivity contribution in [3.63, 3.8) is 0 Å². The number of carbonyl (C=O) groups is 2. The van der Waals surface area contributed by atoms with Crippen molar-refractivity contribution in [3.8, 4) is 22.6 Å². The number of nitrogens with one attached hydrogen (secondary N) is 1. The number of carbonyl (C=O) groups excluding carboxylic acids is 2. The summed E-state index contributed by atoms with van der Waals surface area (Å²) < 4.78 is 21.0. The van der Waals surface area contributed by atoms with Crippen LogP contribution in [0.4, 0.5) is 4.79 Å². The molecule has 8 nitrogen and oxygen atoms in total. The maximum absolute atomic E-state index is 12.2. The van der Waals surface area contributed by atoms with E-state index in [1.165, 1.54) is 6.07 Å². The summed E-state index contributed by atoms with van der Waals surface area (Å²) in [5.74, 6) is 0.238. The van der Waals surface area contributed by atoms with Gasteiger partial charge in [0.15, 0.2) is 0 Å². The summed E-state index contributed by atoms with van der Waals surface area (Å²) in [7, 11) is 1.58. The normalized spacial score (nSPS) is 11.2. The minimum atomic E-state index is -0.722. The SMILES string of the molecule is COc1ccc(-c2cc(=O)oc3c(C)c(OC(=O)CNC(=O)OC(C)(C)C)ccc23)cc1. The first-order valence-corrected chi connectivity index (χ1v) is 9.97. The summed E-state index contributed by atoms with van der Waals surface area (Å²) in [5.41, 5.74) is 1.10. The number of fused-ring (bicyclic) bond motifs is 1. The van der Waals surface area contributed by atoms with Crippen molar-refractivity contribution in [2.24, 2.45) is 0 Å². The lowest BCUT2D eigenvalue weighted by Crippen LogP contribution is -2.36. The number of hydrogen-bond donors (Lipinski definition) is 1. The van der Waals surface area contributed by atoms with Gasteiger partial charge in [0.05, 0.1) is 7.11 Å². The van der Waals surface area contributed by atoms with E-state index >= 15 is 0 Å². The Hall–Kier alpha value is -3.81. The molecule has 0 spiro atoms. The van der Waals surface area contributed by atoms with Crippen LogP contribution in [0.15, 0.2) is 51.7 Å². The van der Waals surface area contributed by atoms with E-state index in [0.29, 0.717) is 27.8 Å². The zero-order valence-corrected chi connectivity index (χ0v) is 18.6. The highest BCUT2D eigenvalue weighted by Gasteiger charge is 2.18. The van der Waals surface area contributed by atoms with Gasteiger partial charge in [-0.2, -0.15) is 0 Å². The standard InChI is InChI=1S/C24H25NO7/c1-14-19(30-21(27)13-25-23(28)32-24(2,3)4)11-10-17-18(12-20(26)31-22(14)17)15-6-8-16(29-5)9-7-15/h6-12H,13H2,1-5H3,(H,25,28). The number of methoxy groups -OCH3 is 1. The van der Waals surface area contributed by atoms with Gasteiger partial charge < -0.3 is 23.9 Å². The number of ether oxygens (including phenoxy) is 3. The van der Waals surface area contributed by atoms with Crippen LogP contribution in [0, 0.1) is 6.92 Å². The average molecular weight is 439 g/mol. The number of amides is 1. The van der Waals surface area contributed by atoms with E-state index in [-0.39, 0.29) is 12.3 Å². The average Bonchev–Trinajstić information content (AvgIpc) is 2.73. The summed E-state index contributed by atoms with van der Waals surface area (Å²) in [6, 6.07) is 12.1. The molecule has 8 heteroatoms. The summed E-state index contributed by atoms with van der Waals surface area (Å²) in [5, 5.41) is 3.04. The number of aryl methyl sites for hydroxylation is 1. The zero-order chi connectivity index (χ0) is 23.5. The predicted molar refractivity (Wildman–Crippen MR) is 119 cm³/mol. The Morgan fingerprint density at radius 3 is 2.38 bits per heavy atom. The summed E-state index contributed by atoms with van der Waals surface area (Å²) in [4.78, 5) is 36.1. The highest BCUT2D eigenvalue weighted by Crippen LogP contribution is 2.33. The van der Waals surface area contributed by atoms with Crippen LogP contribution in [-0.2, 0) is 9.53 Å². The van der Waals surface area contributed by atoms with Crippen molar-refractivity contribution in [3.05, 3.63) is 58.4 Å². The molecule has 0 aliphatic carbocycles. The first kappa shape index (κ1) is 22.9. The Balaban J connectivity index is 1.84. The molecule has 0 fully saturated rings. The molecule has 168 valence electrons. The quantitative estimate of drug-likeness (QED) is 0.361. The summed E-state index contributed by atoms with van der Waals surface area (Å²) in [6.07, 6.45) is -0.722. The van der Waals surface area contributed by atoms with Gasteiger partial charge in [0.25, 0.3) is 0 Å². The van der Waals surface area contributed by atoms with E-state index in [9.17, 15) is 14.4 Å². The Kier molecular flexibility index (Phi) is 6.53. The zero-order valence-electron chi connectivity index (χ0n) is 18.6. The van der Waals surface area contributed by atoms with Gasteiger partial charge in [-0.3, -0.25) is 0 Å². The van der Waals surface area contributed by atoms with Gasteiger partial charge in [0.1, 0.15) is 29.2 Å². The van der Waals surface area contributed by atoms with E-state index in [1.54, 1.807) is 59.1 Å². The van der Waals surface area contributed by atoms with Crippen LogP contribution in [0.5, 0.6) is 11.5 Å². The Bertz CT molecular complexity index is 1200. The van der Waals surface area contributed by atoms with Gasteiger partial charge >= 0.3 is 17.7 Å². The number of alkyl carbamates (subject to hydrolysis) is 1. The van der Waals surface area contributed by atoms with Gasteiger partial charge in [0, 0.05) is 17.0 Å². The van der Waals surface area contributed by atoms with Crippen LogP contribution >= 0.6 is 0 Å². The number of benzene rings is 2. The molecule has 1 N–H and O–H groups in total. The third kappa shape index (κ3) is 5.46. The van der Waals surface area contributed by atoms with Crippen molar-refractivity contribution < 1.29 is 28.2 Å². The second-order valence-corrected chi connectivity index (χ2v) is 8.10. The molecule has 3 aromatic rings. The lowest BCUT2D eigenvalue weighted by Gasteiger charge is -2.19. The topological polar surface area (TPSA) is 104 Å². The van der Waals surface area contributed by atoms with Gasteiger partial charge in [-0.15, -0.1) is 0 Å². The molecule has 0 atom stereocenters. The van der Waals surface area contributed by atoms with Crippen LogP contribution < -0.4 is 20.4 Å². The Morgan fingerprint density at radius 1 is 1.06 bits per heavy atom. The van der Waals surface area contributed by atoms with Crippen LogP contribution in [0.3, 0.4) is 0 Å². The molecule has 1 aromatic heterocycles. The van der Waals surface area contributed by atoms with Crippen molar-refractivity contribution in [1.82, 2.24) is 5.32 Å². The second kappa shape index (κ2) is 9.13. The molecule has 0 aliphatic rings. The number of rotatable bonds is 5. The lowest BCUT2D eigenvalue weighted by molar-refractivity contribution is -0.133. The summed E-state index contributed by atoms with van der Waals surface area (Å²) >= 11 is 0. The van der Waals surface area contributed by atoms with Gasteiger partial charge in [-0.25, -0.2) is 14.4 Å². The predicted octanol–water partition coefficient (Wildman–Crippen LogP) is 4.21. The van der Waals surface area contributed by atoms with Gasteiger partial charge in [-0.05, 0) is 63.1 Å². The molecule has 0 radical (unpaired) electrons. The third-order valence-corrected chi connectivity index (χ3v) is 4.51. The van der Waals surface area contributed by atoms with E-state index < -0.39 is 23.3 Å². The number of hydrogen-bond acceptors (Lipinski definition) is 7. The first-order chi connectivity index (χ1) is 15.1. The maximum atomic E-state index is 12.2. The van der Waals surface area contributed by atoms with Crippen LogP contribution in [-0.4, -0.2) is 31.3 Å². The fraction of sp³-hybridized carbons (Fsp3) is 0.292. The molecular weight excluding hydrogens is 414 g/mol. The molecule has 32 heavy (non-hydrogen) atoms. The second-order valence-electron chi connectivity index (χ2n) is 8.10. The molecule has 1 amide bonds. The van der Waals surface area contributed by atoms with Crippen LogP contribution in [0.25, 0.3) is 22.1 Å². The fourth-order valence-electron chi connectivity index (χ4n) is 3.08.